The lowest BCUT2D eigenvalue weighted by Gasteiger charge is -2.18. The Morgan fingerprint density at radius 2 is 1.63 bits per heavy atom. The molecule has 0 spiro atoms. The van der Waals surface area contributed by atoms with Crippen molar-refractivity contribution < 1.29 is 9.53 Å². The monoisotopic (exact) mass is 368 g/mol. The van der Waals surface area contributed by atoms with Gasteiger partial charge >= 0.3 is 6.03 Å². The van der Waals surface area contributed by atoms with Gasteiger partial charge in [0.05, 0.1) is 6.61 Å². The molecule has 0 unspecified atom stereocenters. The van der Waals surface area contributed by atoms with E-state index >= 15 is 0 Å². The molecule has 3 rings (SSSR count). The standard InChI is InChI=1S/C21H28N4O2/c22-18-6-8-20(9-7-18)27-17-5-3-1-2-4-14-24-15-16-25(21(24)26)19-10-12-23-13-11-19/h6-13H,1-5,14-17,22H2. The van der Waals surface area contributed by atoms with Crippen molar-refractivity contribution in [3.8, 4) is 5.75 Å². The van der Waals surface area contributed by atoms with Crippen LogP contribution in [0.4, 0.5) is 16.2 Å². The van der Waals surface area contributed by atoms with Crippen LogP contribution < -0.4 is 15.4 Å². The molecule has 1 fully saturated rings. The first-order chi connectivity index (χ1) is 13.2. The van der Waals surface area contributed by atoms with Crippen molar-refractivity contribution in [2.75, 3.05) is 36.9 Å². The van der Waals surface area contributed by atoms with E-state index in [1.54, 1.807) is 12.4 Å². The van der Waals surface area contributed by atoms with Crippen molar-refractivity contribution in [2.45, 2.75) is 32.1 Å². The minimum Gasteiger partial charge on any atom is -0.494 e. The minimum atomic E-state index is 0.109. The molecular weight excluding hydrogens is 340 g/mol. The number of hydrogen-bond donors (Lipinski definition) is 1. The smallest absolute Gasteiger partial charge is 0.324 e. The van der Waals surface area contributed by atoms with E-state index in [1.165, 1.54) is 6.42 Å². The Labute approximate surface area is 160 Å². The third-order valence-corrected chi connectivity index (χ3v) is 4.79. The van der Waals surface area contributed by atoms with Gasteiger partial charge in [-0.25, -0.2) is 4.79 Å². The number of nitrogen functional groups attached to an aromatic ring is 1. The first-order valence-corrected chi connectivity index (χ1v) is 9.69. The SMILES string of the molecule is Nc1ccc(OCCCCCCCN2CCN(c3ccncc3)C2=O)cc1. The highest BCUT2D eigenvalue weighted by Crippen LogP contribution is 2.20. The van der Waals surface area contributed by atoms with Crippen molar-refractivity contribution in [1.29, 1.82) is 0 Å². The molecule has 0 aliphatic carbocycles. The summed E-state index contributed by atoms with van der Waals surface area (Å²) in [7, 11) is 0. The molecule has 2 N–H and O–H groups in total. The summed E-state index contributed by atoms with van der Waals surface area (Å²) >= 11 is 0. The zero-order valence-corrected chi connectivity index (χ0v) is 15.7. The van der Waals surface area contributed by atoms with E-state index in [9.17, 15) is 4.79 Å². The van der Waals surface area contributed by atoms with Gasteiger partial charge in [0.2, 0.25) is 0 Å². The van der Waals surface area contributed by atoms with Crippen molar-refractivity contribution >= 4 is 17.4 Å². The molecule has 0 saturated carbocycles. The number of unbranched alkanes of at least 4 members (excludes halogenated alkanes) is 4. The van der Waals surface area contributed by atoms with Crippen molar-refractivity contribution in [3.63, 3.8) is 0 Å². The maximum absolute atomic E-state index is 12.5. The second kappa shape index (κ2) is 9.80. The molecule has 0 radical (unpaired) electrons. The second-order valence-electron chi connectivity index (χ2n) is 6.81. The van der Waals surface area contributed by atoms with Crippen molar-refractivity contribution in [2.24, 2.45) is 0 Å². The Hall–Kier alpha value is -2.76. The minimum absolute atomic E-state index is 0.109. The fourth-order valence-corrected chi connectivity index (χ4v) is 3.24. The summed E-state index contributed by atoms with van der Waals surface area (Å²) in [6.07, 6.45) is 9.00. The number of nitrogens with zero attached hydrogens (tertiary/aromatic N) is 3. The normalized spacial score (nSPS) is 14.0. The highest BCUT2D eigenvalue weighted by atomic mass is 16.5. The number of amides is 2. The van der Waals surface area contributed by atoms with Gasteiger partial charge in [-0.2, -0.15) is 0 Å². The highest BCUT2D eigenvalue weighted by Gasteiger charge is 2.28. The molecule has 1 aliphatic heterocycles. The predicted molar refractivity (Wildman–Crippen MR) is 108 cm³/mol. The lowest BCUT2D eigenvalue weighted by Crippen LogP contribution is -2.32. The Morgan fingerprint density at radius 3 is 2.41 bits per heavy atom. The van der Waals surface area contributed by atoms with Crippen LogP contribution in [0.3, 0.4) is 0 Å². The number of nitrogens with two attached hydrogens (primary N) is 1. The lowest BCUT2D eigenvalue weighted by molar-refractivity contribution is 0.219. The molecule has 2 heterocycles. The van der Waals surface area contributed by atoms with Crippen molar-refractivity contribution in [1.82, 2.24) is 9.88 Å². The summed E-state index contributed by atoms with van der Waals surface area (Å²) < 4.78 is 5.70. The molecule has 144 valence electrons. The number of aromatic nitrogens is 1. The number of hydrogen-bond acceptors (Lipinski definition) is 4. The lowest BCUT2D eigenvalue weighted by atomic mass is 10.1. The quantitative estimate of drug-likeness (QED) is 0.509. The third-order valence-electron chi connectivity index (χ3n) is 4.79. The summed E-state index contributed by atoms with van der Waals surface area (Å²) in [6.45, 7) is 3.12. The maximum atomic E-state index is 12.5. The van der Waals surface area contributed by atoms with E-state index in [2.05, 4.69) is 4.98 Å². The average Bonchev–Trinajstić information content (AvgIpc) is 3.06. The molecule has 1 aromatic heterocycles. The number of urea groups is 1. The van der Waals surface area contributed by atoms with Gasteiger partial charge in [0.1, 0.15) is 5.75 Å². The van der Waals surface area contributed by atoms with Gasteiger partial charge in [0.25, 0.3) is 0 Å². The molecule has 0 bridgehead atoms. The zero-order valence-electron chi connectivity index (χ0n) is 15.7. The number of rotatable bonds is 10. The van der Waals surface area contributed by atoms with E-state index in [4.69, 9.17) is 10.5 Å². The molecule has 27 heavy (non-hydrogen) atoms. The molecule has 6 nitrogen and oxygen atoms in total. The Kier molecular flexibility index (Phi) is 6.90. The van der Waals surface area contributed by atoms with Crippen LogP contribution in [-0.2, 0) is 0 Å². The molecule has 2 amide bonds. The van der Waals surface area contributed by atoms with Gasteiger partial charge in [-0.1, -0.05) is 19.3 Å². The van der Waals surface area contributed by atoms with Crippen LogP contribution in [0.5, 0.6) is 5.75 Å². The van der Waals surface area contributed by atoms with Gasteiger partial charge in [-0.15, -0.1) is 0 Å². The summed E-state index contributed by atoms with van der Waals surface area (Å²) in [6, 6.07) is 11.4. The molecule has 1 saturated heterocycles. The van der Waals surface area contributed by atoms with Gasteiger partial charge < -0.3 is 15.4 Å². The van der Waals surface area contributed by atoms with E-state index in [0.717, 1.165) is 69.0 Å². The summed E-state index contributed by atoms with van der Waals surface area (Å²) in [5.74, 6) is 0.871. The summed E-state index contributed by atoms with van der Waals surface area (Å²) in [5.41, 5.74) is 7.34. The zero-order chi connectivity index (χ0) is 18.9. The molecule has 6 heteroatoms. The Balaban J connectivity index is 1.24. The van der Waals surface area contributed by atoms with E-state index in [-0.39, 0.29) is 6.03 Å². The second-order valence-corrected chi connectivity index (χ2v) is 6.81. The average molecular weight is 368 g/mol. The Morgan fingerprint density at radius 1 is 0.926 bits per heavy atom. The van der Waals surface area contributed by atoms with Crippen LogP contribution >= 0.6 is 0 Å². The van der Waals surface area contributed by atoms with Crippen LogP contribution in [0.25, 0.3) is 0 Å². The fraction of sp³-hybridized carbons (Fsp3) is 0.429. The molecule has 0 atom stereocenters. The number of carbonyl (C=O) groups excluding carboxylic acids is 1. The predicted octanol–water partition coefficient (Wildman–Crippen LogP) is 3.94. The van der Waals surface area contributed by atoms with Gasteiger partial charge in [0, 0.05) is 43.4 Å². The fourth-order valence-electron chi connectivity index (χ4n) is 3.24. The van der Waals surface area contributed by atoms with Gasteiger partial charge in [-0.3, -0.25) is 9.88 Å². The van der Waals surface area contributed by atoms with E-state index in [0.29, 0.717) is 0 Å². The number of pyridine rings is 1. The van der Waals surface area contributed by atoms with E-state index < -0.39 is 0 Å². The number of benzene rings is 1. The van der Waals surface area contributed by atoms with Crippen LogP contribution in [0.15, 0.2) is 48.8 Å². The van der Waals surface area contributed by atoms with Crippen LogP contribution in [0, 0.1) is 0 Å². The largest absolute Gasteiger partial charge is 0.494 e. The number of ether oxygens (including phenoxy) is 1. The first kappa shape index (κ1) is 19.0. The summed E-state index contributed by atoms with van der Waals surface area (Å²) in [5, 5.41) is 0. The molecule has 1 aliphatic rings. The highest BCUT2D eigenvalue weighted by molar-refractivity contribution is 5.93. The van der Waals surface area contributed by atoms with Gasteiger partial charge in [0.15, 0.2) is 0 Å². The number of carbonyl (C=O) groups is 1. The molecular formula is C21H28N4O2. The third kappa shape index (κ3) is 5.61. The summed E-state index contributed by atoms with van der Waals surface area (Å²) in [4.78, 5) is 20.3. The van der Waals surface area contributed by atoms with Crippen LogP contribution in [-0.4, -0.2) is 42.2 Å². The molecule has 1 aromatic carbocycles. The van der Waals surface area contributed by atoms with E-state index in [1.807, 2.05) is 46.2 Å². The molecule has 2 aromatic rings. The maximum Gasteiger partial charge on any atom is 0.324 e. The Bertz CT molecular complexity index is 706. The van der Waals surface area contributed by atoms with Gasteiger partial charge in [-0.05, 0) is 49.2 Å². The van der Waals surface area contributed by atoms with Crippen molar-refractivity contribution in [3.05, 3.63) is 48.8 Å². The topological polar surface area (TPSA) is 71.7 Å². The van der Waals surface area contributed by atoms with Crippen LogP contribution in [0.2, 0.25) is 0 Å². The van der Waals surface area contributed by atoms with Crippen LogP contribution in [0.1, 0.15) is 32.1 Å². The first-order valence-electron chi connectivity index (χ1n) is 9.69. The number of anilines is 2.